The number of thioether (sulfide) groups is 1. The largest absolute Gasteiger partial charge is 0.493 e. The van der Waals surface area contributed by atoms with Crippen LogP contribution in [0.4, 0.5) is 0 Å². The number of methoxy groups -OCH3 is 1. The molecule has 31 heavy (non-hydrogen) atoms. The third kappa shape index (κ3) is 5.63. The van der Waals surface area contributed by atoms with Crippen molar-refractivity contribution in [3.8, 4) is 11.5 Å². The van der Waals surface area contributed by atoms with E-state index in [1.165, 1.54) is 11.8 Å². The smallest absolute Gasteiger partial charge is 0.266 e. The molecule has 2 aromatic rings. The first kappa shape index (κ1) is 23.2. The molecule has 164 valence electrons. The van der Waals surface area contributed by atoms with Gasteiger partial charge in [-0.3, -0.25) is 14.7 Å². The first-order valence-electron chi connectivity index (χ1n) is 10.1. The molecular weight excluding hydrogens is 432 g/mol. The quantitative estimate of drug-likeness (QED) is 0.476. The zero-order chi connectivity index (χ0) is 22.5. The highest BCUT2D eigenvalue weighted by Gasteiger charge is 2.35. The molecule has 0 radical (unpaired) electrons. The van der Waals surface area contributed by atoms with E-state index in [0.29, 0.717) is 28.0 Å². The van der Waals surface area contributed by atoms with Crippen LogP contribution in [-0.4, -0.2) is 35.2 Å². The van der Waals surface area contributed by atoms with Crippen molar-refractivity contribution >= 4 is 40.5 Å². The van der Waals surface area contributed by atoms with Crippen molar-refractivity contribution < 1.29 is 14.3 Å². The fourth-order valence-corrected chi connectivity index (χ4v) is 4.49. The average Bonchev–Trinajstić information content (AvgIpc) is 3.02. The van der Waals surface area contributed by atoms with Gasteiger partial charge in [-0.2, -0.15) is 0 Å². The van der Waals surface area contributed by atoms with E-state index in [1.807, 2.05) is 76.2 Å². The van der Waals surface area contributed by atoms with E-state index in [0.717, 1.165) is 16.3 Å². The molecule has 0 atom stereocenters. The number of amides is 1. The van der Waals surface area contributed by atoms with Gasteiger partial charge < -0.3 is 9.47 Å². The molecule has 1 aliphatic heterocycles. The van der Waals surface area contributed by atoms with Gasteiger partial charge >= 0.3 is 0 Å². The molecular formula is C24H27ClN2O3S. The Bertz CT molecular complexity index is 1020. The van der Waals surface area contributed by atoms with Gasteiger partial charge in [-0.15, -0.1) is 0 Å². The molecule has 1 aliphatic rings. The number of amidine groups is 1. The summed E-state index contributed by atoms with van der Waals surface area (Å²) in [5.41, 5.74) is 1.75. The molecule has 1 saturated heterocycles. The van der Waals surface area contributed by atoms with Gasteiger partial charge in [-0.25, -0.2) is 0 Å². The van der Waals surface area contributed by atoms with Crippen LogP contribution in [0.2, 0.25) is 5.02 Å². The van der Waals surface area contributed by atoms with Crippen LogP contribution in [0.25, 0.3) is 6.08 Å². The van der Waals surface area contributed by atoms with Gasteiger partial charge in [0.15, 0.2) is 16.7 Å². The Morgan fingerprint density at radius 2 is 1.87 bits per heavy atom. The number of aliphatic imine (C=N–C) groups is 1. The van der Waals surface area contributed by atoms with Crippen molar-refractivity contribution in [3.63, 3.8) is 0 Å². The SMILES string of the molecule is COc1cc(/C=C2/SC(=NC(C)C)N(C(C)C)C2=O)ccc1OCc1ccccc1Cl. The van der Waals surface area contributed by atoms with E-state index < -0.39 is 0 Å². The lowest BCUT2D eigenvalue weighted by molar-refractivity contribution is -0.123. The monoisotopic (exact) mass is 458 g/mol. The van der Waals surface area contributed by atoms with Crippen LogP contribution in [0.5, 0.6) is 11.5 Å². The van der Waals surface area contributed by atoms with Gasteiger partial charge in [0.1, 0.15) is 6.61 Å². The standard InChI is InChI=1S/C24H27ClN2O3S/c1-15(2)26-24-27(16(3)4)23(28)22(31-24)13-17-10-11-20(21(12-17)29-5)30-14-18-8-6-7-9-19(18)25/h6-13,15-16H,14H2,1-5H3/b22-13+,26-24?. The number of hydrogen-bond acceptors (Lipinski definition) is 5. The lowest BCUT2D eigenvalue weighted by Crippen LogP contribution is -2.35. The summed E-state index contributed by atoms with van der Waals surface area (Å²) in [6.45, 7) is 8.33. The first-order chi connectivity index (χ1) is 14.8. The molecule has 5 nitrogen and oxygen atoms in total. The van der Waals surface area contributed by atoms with E-state index in [4.69, 9.17) is 21.1 Å². The zero-order valence-corrected chi connectivity index (χ0v) is 20.0. The van der Waals surface area contributed by atoms with Crippen molar-refractivity contribution in [3.05, 3.63) is 63.5 Å². The molecule has 0 spiro atoms. The summed E-state index contributed by atoms with van der Waals surface area (Å²) in [4.78, 5) is 19.9. The lowest BCUT2D eigenvalue weighted by Gasteiger charge is -2.20. The zero-order valence-electron chi connectivity index (χ0n) is 18.4. The van der Waals surface area contributed by atoms with Crippen molar-refractivity contribution in [1.29, 1.82) is 0 Å². The number of rotatable bonds is 7. The second kappa shape index (κ2) is 10.2. The van der Waals surface area contributed by atoms with E-state index in [1.54, 1.807) is 12.0 Å². The fourth-order valence-electron chi connectivity index (χ4n) is 3.07. The number of halogens is 1. The normalized spacial score (nSPS) is 16.8. The highest BCUT2D eigenvalue weighted by Crippen LogP contribution is 2.36. The average molecular weight is 459 g/mol. The number of carbonyl (C=O) groups excluding carboxylic acids is 1. The van der Waals surface area contributed by atoms with Crippen molar-refractivity contribution in [2.24, 2.45) is 4.99 Å². The van der Waals surface area contributed by atoms with Crippen LogP contribution in [0.1, 0.15) is 38.8 Å². The van der Waals surface area contributed by atoms with E-state index in [2.05, 4.69) is 4.99 Å². The molecule has 7 heteroatoms. The molecule has 0 aromatic heterocycles. The summed E-state index contributed by atoms with van der Waals surface area (Å²) >= 11 is 7.61. The van der Waals surface area contributed by atoms with Gasteiger partial charge in [0, 0.05) is 22.7 Å². The summed E-state index contributed by atoms with van der Waals surface area (Å²) in [6.07, 6.45) is 1.87. The molecule has 1 amide bonds. The highest BCUT2D eigenvalue weighted by atomic mass is 35.5. The van der Waals surface area contributed by atoms with E-state index in [-0.39, 0.29) is 18.0 Å². The summed E-state index contributed by atoms with van der Waals surface area (Å²) in [7, 11) is 1.60. The molecule has 3 rings (SSSR count). The minimum Gasteiger partial charge on any atom is -0.493 e. The summed E-state index contributed by atoms with van der Waals surface area (Å²) in [5.74, 6) is 1.17. The number of ether oxygens (including phenoxy) is 2. The topological polar surface area (TPSA) is 51.1 Å². The minimum absolute atomic E-state index is 0.0302. The van der Waals surface area contributed by atoms with Gasteiger partial charge in [-0.1, -0.05) is 35.9 Å². The predicted octanol–water partition coefficient (Wildman–Crippen LogP) is 6.02. The Labute approximate surface area is 193 Å². The molecule has 1 fully saturated rings. The second-order valence-electron chi connectivity index (χ2n) is 7.68. The summed E-state index contributed by atoms with van der Waals surface area (Å²) < 4.78 is 11.4. The van der Waals surface area contributed by atoms with E-state index in [9.17, 15) is 4.79 Å². The summed E-state index contributed by atoms with van der Waals surface area (Å²) in [5, 5.41) is 1.40. The maximum absolute atomic E-state index is 12.9. The Balaban J connectivity index is 1.83. The van der Waals surface area contributed by atoms with Crippen LogP contribution in [0, 0.1) is 0 Å². The number of hydrogen-bond donors (Lipinski definition) is 0. The molecule has 1 heterocycles. The maximum atomic E-state index is 12.9. The predicted molar refractivity (Wildman–Crippen MR) is 129 cm³/mol. The third-order valence-corrected chi connectivity index (χ3v) is 5.91. The number of benzene rings is 2. The van der Waals surface area contributed by atoms with Gasteiger partial charge in [0.25, 0.3) is 5.91 Å². The van der Waals surface area contributed by atoms with Crippen molar-refractivity contribution in [2.75, 3.05) is 7.11 Å². The number of carbonyl (C=O) groups is 1. The molecule has 0 N–H and O–H groups in total. The van der Waals surface area contributed by atoms with Crippen LogP contribution in [0.3, 0.4) is 0 Å². The summed E-state index contributed by atoms with van der Waals surface area (Å²) in [6, 6.07) is 13.3. The minimum atomic E-state index is -0.0302. The molecule has 0 aliphatic carbocycles. The third-order valence-electron chi connectivity index (χ3n) is 4.55. The van der Waals surface area contributed by atoms with Crippen LogP contribution < -0.4 is 9.47 Å². The van der Waals surface area contributed by atoms with Gasteiger partial charge in [0.05, 0.1) is 12.0 Å². The van der Waals surface area contributed by atoms with Crippen LogP contribution in [0.15, 0.2) is 52.4 Å². The van der Waals surface area contributed by atoms with Gasteiger partial charge in [0.2, 0.25) is 0 Å². The maximum Gasteiger partial charge on any atom is 0.266 e. The van der Waals surface area contributed by atoms with Crippen LogP contribution in [-0.2, 0) is 11.4 Å². The Kier molecular flexibility index (Phi) is 7.68. The molecule has 2 aromatic carbocycles. The Morgan fingerprint density at radius 3 is 2.52 bits per heavy atom. The van der Waals surface area contributed by atoms with Crippen molar-refractivity contribution in [1.82, 2.24) is 4.90 Å². The molecule has 0 bridgehead atoms. The second-order valence-corrected chi connectivity index (χ2v) is 9.09. The Hall–Kier alpha value is -2.44. The van der Waals surface area contributed by atoms with Crippen LogP contribution >= 0.6 is 23.4 Å². The van der Waals surface area contributed by atoms with Crippen molar-refractivity contribution in [2.45, 2.75) is 46.4 Å². The Morgan fingerprint density at radius 1 is 1.13 bits per heavy atom. The fraction of sp³-hybridized carbons (Fsp3) is 0.333. The highest BCUT2D eigenvalue weighted by molar-refractivity contribution is 8.18. The lowest BCUT2D eigenvalue weighted by atomic mass is 10.1. The van der Waals surface area contributed by atoms with E-state index >= 15 is 0 Å². The van der Waals surface area contributed by atoms with Gasteiger partial charge in [-0.05, 0) is 69.3 Å². The molecule has 0 saturated carbocycles. The first-order valence-corrected chi connectivity index (χ1v) is 11.3. The molecule has 0 unspecified atom stereocenters. The number of nitrogens with zero attached hydrogens (tertiary/aromatic N) is 2.